The summed E-state index contributed by atoms with van der Waals surface area (Å²) in [6, 6.07) is 7.72. The molecule has 0 amide bonds. The van der Waals surface area contributed by atoms with E-state index in [0.29, 0.717) is 18.3 Å². The van der Waals surface area contributed by atoms with Gasteiger partial charge in [0.2, 0.25) is 0 Å². The van der Waals surface area contributed by atoms with E-state index in [1.807, 2.05) is 24.3 Å². The van der Waals surface area contributed by atoms with E-state index in [2.05, 4.69) is 10.1 Å². The number of hydrogen-bond acceptors (Lipinski definition) is 6. The number of aromatic nitrogens is 2. The number of benzene rings is 1. The van der Waals surface area contributed by atoms with Crippen molar-refractivity contribution < 1.29 is 14.0 Å². The summed E-state index contributed by atoms with van der Waals surface area (Å²) < 4.78 is 16.9. The molecule has 1 aliphatic heterocycles. The molecule has 1 unspecified atom stereocenters. The topological polar surface area (TPSA) is 83.4 Å². The predicted molar refractivity (Wildman–Crippen MR) is 95.8 cm³/mol. The number of nitrogens with zero attached hydrogens (tertiary/aromatic N) is 2. The van der Waals surface area contributed by atoms with Crippen LogP contribution < -0.4 is 10.5 Å². The first-order chi connectivity index (χ1) is 11.7. The van der Waals surface area contributed by atoms with Crippen LogP contribution in [0.3, 0.4) is 0 Å². The molecule has 2 aromatic rings. The normalized spacial score (nSPS) is 21.9. The molecule has 1 saturated carbocycles. The molecule has 4 rings (SSSR count). The van der Waals surface area contributed by atoms with Gasteiger partial charge in [0.25, 0.3) is 5.89 Å². The Kier molecular flexibility index (Phi) is 5.61. The molecule has 2 fully saturated rings. The average Bonchev–Trinajstić information content (AvgIpc) is 3.35. The maximum atomic E-state index is 6.40. The lowest BCUT2D eigenvalue weighted by molar-refractivity contribution is 0.0680. The van der Waals surface area contributed by atoms with Gasteiger partial charge < -0.3 is 19.7 Å². The van der Waals surface area contributed by atoms with Crippen LogP contribution >= 0.6 is 12.4 Å². The first kappa shape index (κ1) is 18.2. The third-order valence-electron chi connectivity index (χ3n) is 4.91. The molecule has 1 aliphatic carbocycles. The van der Waals surface area contributed by atoms with Crippen molar-refractivity contribution in [1.29, 1.82) is 0 Å². The molecule has 2 aliphatic rings. The second-order valence-corrected chi connectivity index (χ2v) is 6.76. The molecule has 2 N–H and O–H groups in total. The minimum Gasteiger partial charge on any atom is -0.491 e. The molecule has 1 saturated heterocycles. The van der Waals surface area contributed by atoms with E-state index in [-0.39, 0.29) is 18.5 Å². The SMILES string of the molecule is Cl.NC1(c2noc(-c3cccc(OCC4CCCO4)c3)n2)CCCC1. The minimum absolute atomic E-state index is 0. The van der Waals surface area contributed by atoms with Gasteiger partial charge in [0, 0.05) is 12.2 Å². The van der Waals surface area contributed by atoms with Crippen LogP contribution in [-0.4, -0.2) is 29.5 Å². The van der Waals surface area contributed by atoms with Crippen LogP contribution in [0.5, 0.6) is 5.75 Å². The molecule has 136 valence electrons. The van der Waals surface area contributed by atoms with E-state index in [0.717, 1.165) is 56.4 Å². The van der Waals surface area contributed by atoms with Gasteiger partial charge in [-0.05, 0) is 43.9 Å². The number of ether oxygens (including phenoxy) is 2. The van der Waals surface area contributed by atoms with Crippen molar-refractivity contribution in [2.24, 2.45) is 5.73 Å². The Labute approximate surface area is 153 Å². The number of halogens is 1. The smallest absolute Gasteiger partial charge is 0.258 e. The lowest BCUT2D eigenvalue weighted by atomic mass is 9.99. The fourth-order valence-corrected chi connectivity index (χ4v) is 3.46. The van der Waals surface area contributed by atoms with Crippen LogP contribution in [0.1, 0.15) is 44.3 Å². The molecule has 0 radical (unpaired) electrons. The van der Waals surface area contributed by atoms with Crippen molar-refractivity contribution in [2.45, 2.75) is 50.2 Å². The zero-order chi connectivity index (χ0) is 16.4. The van der Waals surface area contributed by atoms with Crippen molar-refractivity contribution in [2.75, 3.05) is 13.2 Å². The van der Waals surface area contributed by atoms with Crippen LogP contribution in [0.15, 0.2) is 28.8 Å². The largest absolute Gasteiger partial charge is 0.491 e. The van der Waals surface area contributed by atoms with Crippen LogP contribution in [0.2, 0.25) is 0 Å². The summed E-state index contributed by atoms with van der Waals surface area (Å²) in [7, 11) is 0. The summed E-state index contributed by atoms with van der Waals surface area (Å²) in [6.45, 7) is 1.41. The fraction of sp³-hybridized carbons (Fsp3) is 0.556. The Balaban J connectivity index is 0.00000182. The molecule has 25 heavy (non-hydrogen) atoms. The number of rotatable bonds is 5. The van der Waals surface area contributed by atoms with Crippen molar-refractivity contribution in [1.82, 2.24) is 10.1 Å². The van der Waals surface area contributed by atoms with Gasteiger partial charge in [0.05, 0.1) is 11.6 Å². The first-order valence-corrected chi connectivity index (χ1v) is 8.71. The second-order valence-electron chi connectivity index (χ2n) is 6.76. The van der Waals surface area contributed by atoms with Crippen LogP contribution in [0, 0.1) is 0 Å². The summed E-state index contributed by atoms with van der Waals surface area (Å²) in [5, 5.41) is 4.11. The van der Waals surface area contributed by atoms with E-state index >= 15 is 0 Å². The predicted octanol–water partition coefficient (Wildman–Crippen LogP) is 3.44. The number of hydrogen-bond donors (Lipinski definition) is 1. The standard InChI is InChI=1S/C18H23N3O3.ClH/c19-18(8-1-2-9-18)17-20-16(24-21-17)13-5-3-6-14(11-13)23-12-15-7-4-10-22-15;/h3,5-6,11,15H,1-2,4,7-10,12,19H2;1H. The van der Waals surface area contributed by atoms with E-state index in [1.54, 1.807) is 0 Å². The molecular weight excluding hydrogens is 342 g/mol. The molecule has 1 aromatic carbocycles. The lowest BCUT2D eigenvalue weighted by Crippen LogP contribution is -2.34. The zero-order valence-corrected chi connectivity index (χ0v) is 15.0. The van der Waals surface area contributed by atoms with Gasteiger partial charge in [-0.3, -0.25) is 0 Å². The summed E-state index contributed by atoms with van der Waals surface area (Å²) in [5.74, 6) is 1.89. The van der Waals surface area contributed by atoms with Gasteiger partial charge in [-0.15, -0.1) is 12.4 Å². The molecule has 2 heterocycles. The van der Waals surface area contributed by atoms with Gasteiger partial charge in [0.15, 0.2) is 5.82 Å². The summed E-state index contributed by atoms with van der Waals surface area (Å²) in [4.78, 5) is 4.53. The van der Waals surface area contributed by atoms with Crippen molar-refractivity contribution in [3.8, 4) is 17.2 Å². The Morgan fingerprint density at radius 2 is 2.08 bits per heavy atom. The highest BCUT2D eigenvalue weighted by Gasteiger charge is 2.36. The molecule has 0 spiro atoms. The highest BCUT2D eigenvalue weighted by molar-refractivity contribution is 5.85. The average molecular weight is 366 g/mol. The number of nitrogens with two attached hydrogens (primary N) is 1. The molecule has 0 bridgehead atoms. The maximum Gasteiger partial charge on any atom is 0.258 e. The van der Waals surface area contributed by atoms with Crippen molar-refractivity contribution in [3.63, 3.8) is 0 Å². The summed E-state index contributed by atoms with van der Waals surface area (Å²) in [5.41, 5.74) is 6.81. The van der Waals surface area contributed by atoms with Gasteiger partial charge in [-0.2, -0.15) is 4.98 Å². The molecule has 7 heteroatoms. The maximum absolute atomic E-state index is 6.40. The fourth-order valence-electron chi connectivity index (χ4n) is 3.46. The second kappa shape index (κ2) is 7.72. The van der Waals surface area contributed by atoms with Gasteiger partial charge in [0.1, 0.15) is 12.4 Å². The molecule has 6 nitrogen and oxygen atoms in total. The Bertz CT molecular complexity index is 694. The van der Waals surface area contributed by atoms with Gasteiger partial charge >= 0.3 is 0 Å². The molecule has 1 atom stereocenters. The highest BCUT2D eigenvalue weighted by atomic mass is 35.5. The van der Waals surface area contributed by atoms with Gasteiger partial charge in [-0.25, -0.2) is 0 Å². The van der Waals surface area contributed by atoms with E-state index < -0.39 is 5.54 Å². The monoisotopic (exact) mass is 365 g/mol. The van der Waals surface area contributed by atoms with E-state index in [1.165, 1.54) is 0 Å². The van der Waals surface area contributed by atoms with Crippen LogP contribution in [-0.2, 0) is 10.3 Å². The lowest BCUT2D eigenvalue weighted by Gasteiger charge is -2.17. The van der Waals surface area contributed by atoms with E-state index in [9.17, 15) is 0 Å². The molecule has 1 aromatic heterocycles. The third-order valence-corrected chi connectivity index (χ3v) is 4.91. The minimum atomic E-state index is -0.435. The Morgan fingerprint density at radius 1 is 1.24 bits per heavy atom. The van der Waals surface area contributed by atoms with Gasteiger partial charge in [-0.1, -0.05) is 24.1 Å². The summed E-state index contributed by atoms with van der Waals surface area (Å²) >= 11 is 0. The third kappa shape index (κ3) is 3.97. The van der Waals surface area contributed by atoms with Crippen molar-refractivity contribution >= 4 is 12.4 Å². The van der Waals surface area contributed by atoms with Crippen LogP contribution in [0.25, 0.3) is 11.5 Å². The Hall–Kier alpha value is -1.63. The van der Waals surface area contributed by atoms with Crippen molar-refractivity contribution in [3.05, 3.63) is 30.1 Å². The highest BCUT2D eigenvalue weighted by Crippen LogP contribution is 2.35. The Morgan fingerprint density at radius 3 is 2.84 bits per heavy atom. The zero-order valence-electron chi connectivity index (χ0n) is 14.1. The van der Waals surface area contributed by atoms with E-state index in [4.69, 9.17) is 19.7 Å². The molecular formula is C18H24ClN3O3. The van der Waals surface area contributed by atoms with Crippen LogP contribution in [0.4, 0.5) is 0 Å². The quantitative estimate of drug-likeness (QED) is 0.873. The summed E-state index contributed by atoms with van der Waals surface area (Å²) in [6.07, 6.45) is 6.43. The first-order valence-electron chi connectivity index (χ1n) is 8.71.